The van der Waals surface area contributed by atoms with Crippen LogP contribution in [0.1, 0.15) is 38.4 Å². The Kier molecular flexibility index (Phi) is 6.58. The molecule has 2 aromatic heterocycles. The second kappa shape index (κ2) is 9.53. The number of hydrogen-bond acceptors (Lipinski definition) is 7. The highest BCUT2D eigenvalue weighted by Gasteiger charge is 2.19. The van der Waals surface area contributed by atoms with Gasteiger partial charge in [0.05, 0.1) is 17.4 Å². The Morgan fingerprint density at radius 1 is 1.10 bits per heavy atom. The molecule has 9 heteroatoms. The highest BCUT2D eigenvalue weighted by Crippen LogP contribution is 2.33. The van der Waals surface area contributed by atoms with Gasteiger partial charge in [0.1, 0.15) is 5.75 Å². The first-order valence-electron chi connectivity index (χ1n) is 9.95. The molecule has 0 fully saturated rings. The molecular formula is C22H22ClN5O2S. The zero-order valence-electron chi connectivity index (χ0n) is 17.4. The maximum atomic E-state index is 6.46. The van der Waals surface area contributed by atoms with E-state index < -0.39 is 0 Å². The lowest BCUT2D eigenvalue weighted by molar-refractivity contribution is 0.340. The van der Waals surface area contributed by atoms with Crippen LogP contribution in [-0.2, 0) is 5.75 Å². The second-order valence-corrected chi connectivity index (χ2v) is 8.39. The van der Waals surface area contributed by atoms with Gasteiger partial charge in [-0.15, -0.1) is 10.2 Å². The van der Waals surface area contributed by atoms with Crippen LogP contribution in [0, 0.1) is 0 Å². The van der Waals surface area contributed by atoms with Crippen LogP contribution in [0.4, 0.5) is 0 Å². The van der Waals surface area contributed by atoms with Gasteiger partial charge in [-0.1, -0.05) is 54.5 Å². The van der Waals surface area contributed by atoms with Crippen LogP contribution in [0.5, 0.6) is 5.75 Å². The van der Waals surface area contributed by atoms with Crippen molar-refractivity contribution in [3.05, 3.63) is 65.3 Å². The van der Waals surface area contributed by atoms with Gasteiger partial charge in [0.2, 0.25) is 5.89 Å². The molecule has 0 unspecified atom stereocenters. The maximum Gasteiger partial charge on any atom is 0.237 e. The first-order chi connectivity index (χ1) is 15.1. The van der Waals surface area contributed by atoms with Gasteiger partial charge in [-0.3, -0.25) is 4.57 Å². The third-order valence-corrected chi connectivity index (χ3v) is 5.72. The summed E-state index contributed by atoms with van der Waals surface area (Å²) in [7, 11) is 0. The molecule has 0 atom stereocenters. The van der Waals surface area contributed by atoms with Gasteiger partial charge in [-0.05, 0) is 43.3 Å². The van der Waals surface area contributed by atoms with Crippen molar-refractivity contribution in [1.29, 1.82) is 0 Å². The van der Waals surface area contributed by atoms with Gasteiger partial charge < -0.3 is 9.26 Å². The standard InChI is InChI=1S/C22H22ClN5O2S/c1-4-29-16-11-9-15(10-12-16)28-21(17-7-5-6-8-18(17)23)25-26-22(28)31-13-19-24-20(14(2)3)27-30-19/h5-12,14H,4,13H2,1-3H3. The first kappa shape index (κ1) is 21.4. The second-order valence-electron chi connectivity index (χ2n) is 7.04. The van der Waals surface area contributed by atoms with E-state index in [0.717, 1.165) is 17.0 Å². The lowest BCUT2D eigenvalue weighted by Crippen LogP contribution is -2.01. The lowest BCUT2D eigenvalue weighted by atomic mass is 10.2. The molecule has 0 radical (unpaired) electrons. The molecule has 0 saturated carbocycles. The van der Waals surface area contributed by atoms with E-state index in [9.17, 15) is 0 Å². The first-order valence-corrected chi connectivity index (χ1v) is 11.3. The number of aromatic nitrogens is 5. The minimum absolute atomic E-state index is 0.210. The normalized spacial score (nSPS) is 11.3. The van der Waals surface area contributed by atoms with Crippen molar-refractivity contribution in [2.45, 2.75) is 37.6 Å². The smallest absolute Gasteiger partial charge is 0.237 e. The SMILES string of the molecule is CCOc1ccc(-n2c(SCc3nc(C(C)C)no3)nnc2-c2ccccc2Cl)cc1. The Hall–Kier alpha value is -2.84. The number of ether oxygens (including phenoxy) is 1. The zero-order chi connectivity index (χ0) is 21.8. The van der Waals surface area contributed by atoms with E-state index in [1.54, 1.807) is 0 Å². The summed E-state index contributed by atoms with van der Waals surface area (Å²) >= 11 is 7.93. The van der Waals surface area contributed by atoms with Gasteiger partial charge in [-0.2, -0.15) is 4.98 Å². The molecule has 0 spiro atoms. The van der Waals surface area contributed by atoms with Gasteiger partial charge in [-0.25, -0.2) is 0 Å². The molecule has 7 nitrogen and oxygen atoms in total. The van der Waals surface area contributed by atoms with E-state index in [0.29, 0.717) is 40.1 Å². The number of halogens is 1. The largest absolute Gasteiger partial charge is 0.494 e. The van der Waals surface area contributed by atoms with Crippen molar-refractivity contribution in [1.82, 2.24) is 24.9 Å². The van der Waals surface area contributed by atoms with Crippen LogP contribution in [0.25, 0.3) is 17.1 Å². The molecule has 0 saturated heterocycles. The maximum absolute atomic E-state index is 6.46. The minimum Gasteiger partial charge on any atom is -0.494 e. The molecule has 0 N–H and O–H groups in total. The molecule has 2 aromatic carbocycles. The summed E-state index contributed by atoms with van der Waals surface area (Å²) in [5.74, 6) is 3.40. The number of thioether (sulfide) groups is 1. The van der Waals surface area contributed by atoms with Gasteiger partial charge in [0.25, 0.3) is 0 Å². The summed E-state index contributed by atoms with van der Waals surface area (Å²) < 4.78 is 12.9. The van der Waals surface area contributed by atoms with Crippen LogP contribution in [-0.4, -0.2) is 31.5 Å². The van der Waals surface area contributed by atoms with E-state index in [-0.39, 0.29) is 5.92 Å². The monoisotopic (exact) mass is 455 g/mol. The van der Waals surface area contributed by atoms with Crippen molar-refractivity contribution in [2.75, 3.05) is 6.61 Å². The zero-order valence-corrected chi connectivity index (χ0v) is 19.0. The van der Waals surface area contributed by atoms with Gasteiger partial charge in [0, 0.05) is 17.2 Å². The summed E-state index contributed by atoms with van der Waals surface area (Å²) in [4.78, 5) is 4.44. The average molecular weight is 456 g/mol. The fourth-order valence-electron chi connectivity index (χ4n) is 2.96. The summed E-state index contributed by atoms with van der Waals surface area (Å²) in [5, 5.41) is 14.2. The van der Waals surface area contributed by atoms with E-state index in [4.69, 9.17) is 20.9 Å². The van der Waals surface area contributed by atoms with Crippen LogP contribution in [0.3, 0.4) is 0 Å². The Balaban J connectivity index is 1.70. The summed E-state index contributed by atoms with van der Waals surface area (Å²) in [6, 6.07) is 15.4. The summed E-state index contributed by atoms with van der Waals surface area (Å²) in [6.07, 6.45) is 0. The summed E-state index contributed by atoms with van der Waals surface area (Å²) in [5.41, 5.74) is 1.71. The lowest BCUT2D eigenvalue weighted by Gasteiger charge is -2.12. The quantitative estimate of drug-likeness (QED) is 0.311. The molecule has 2 heterocycles. The van der Waals surface area contributed by atoms with E-state index >= 15 is 0 Å². The van der Waals surface area contributed by atoms with Crippen molar-refractivity contribution < 1.29 is 9.26 Å². The Morgan fingerprint density at radius 3 is 2.55 bits per heavy atom. The van der Waals surface area contributed by atoms with Crippen molar-refractivity contribution in [2.24, 2.45) is 0 Å². The Labute approximate surface area is 189 Å². The molecule has 0 amide bonds. The average Bonchev–Trinajstić information content (AvgIpc) is 3.41. The van der Waals surface area contributed by atoms with Crippen molar-refractivity contribution in [3.8, 4) is 22.8 Å². The molecular weight excluding hydrogens is 434 g/mol. The molecule has 4 rings (SSSR count). The van der Waals surface area contributed by atoms with E-state index in [2.05, 4.69) is 20.3 Å². The highest BCUT2D eigenvalue weighted by molar-refractivity contribution is 7.98. The topological polar surface area (TPSA) is 78.9 Å². The number of rotatable bonds is 8. The van der Waals surface area contributed by atoms with Crippen LogP contribution in [0.15, 0.2) is 58.2 Å². The molecule has 0 bridgehead atoms. The molecule has 0 aliphatic heterocycles. The molecule has 0 aliphatic rings. The third-order valence-electron chi connectivity index (χ3n) is 4.48. The van der Waals surface area contributed by atoms with Gasteiger partial charge >= 0.3 is 0 Å². The number of hydrogen-bond donors (Lipinski definition) is 0. The fraction of sp³-hybridized carbons (Fsp3) is 0.273. The molecule has 4 aromatic rings. The van der Waals surface area contributed by atoms with Crippen molar-refractivity contribution in [3.63, 3.8) is 0 Å². The Morgan fingerprint density at radius 2 is 1.87 bits per heavy atom. The molecule has 0 aliphatic carbocycles. The highest BCUT2D eigenvalue weighted by atomic mass is 35.5. The van der Waals surface area contributed by atoms with E-state index in [1.807, 2.05) is 73.9 Å². The van der Waals surface area contributed by atoms with E-state index in [1.165, 1.54) is 11.8 Å². The third kappa shape index (κ3) is 4.75. The summed E-state index contributed by atoms with van der Waals surface area (Å²) in [6.45, 7) is 6.63. The fourth-order valence-corrected chi connectivity index (χ4v) is 3.97. The van der Waals surface area contributed by atoms with Crippen LogP contribution >= 0.6 is 23.4 Å². The predicted octanol–water partition coefficient (Wildman–Crippen LogP) is 5.79. The molecule has 31 heavy (non-hydrogen) atoms. The minimum atomic E-state index is 0.210. The van der Waals surface area contributed by atoms with Crippen molar-refractivity contribution >= 4 is 23.4 Å². The predicted molar refractivity (Wildman–Crippen MR) is 121 cm³/mol. The van der Waals surface area contributed by atoms with Crippen LogP contribution < -0.4 is 4.74 Å². The van der Waals surface area contributed by atoms with Crippen LogP contribution in [0.2, 0.25) is 5.02 Å². The molecule has 160 valence electrons. The van der Waals surface area contributed by atoms with Gasteiger partial charge in [0.15, 0.2) is 16.8 Å². The number of benzene rings is 2. The number of nitrogens with zero attached hydrogens (tertiary/aromatic N) is 5. The Bertz CT molecular complexity index is 1160.